The molecule has 2 aromatic rings. The van der Waals surface area contributed by atoms with Crippen LogP contribution < -0.4 is 5.32 Å². The number of halogens is 2. The average molecular weight is 480 g/mol. The number of rotatable bonds is 8. The first-order valence-corrected chi connectivity index (χ1v) is 11.2. The molecule has 32 heavy (non-hydrogen) atoms. The number of hydrogen-bond donors (Lipinski definition) is 1. The molecule has 8 nitrogen and oxygen atoms in total. The van der Waals surface area contributed by atoms with Crippen LogP contribution in [0.3, 0.4) is 0 Å². The number of esters is 1. The van der Waals surface area contributed by atoms with Crippen LogP contribution in [0.15, 0.2) is 35.7 Å². The molecule has 1 amide bonds. The normalized spacial score (nSPS) is 15.3. The van der Waals surface area contributed by atoms with Gasteiger partial charge in [-0.25, -0.2) is 4.98 Å². The molecule has 0 saturated carbocycles. The first-order chi connectivity index (χ1) is 15.3. The zero-order valence-electron chi connectivity index (χ0n) is 18.3. The van der Waals surface area contributed by atoms with Crippen molar-refractivity contribution in [1.29, 1.82) is 0 Å². The van der Waals surface area contributed by atoms with Gasteiger partial charge in [-0.1, -0.05) is 36.2 Å². The van der Waals surface area contributed by atoms with E-state index in [-0.39, 0.29) is 30.3 Å². The van der Waals surface area contributed by atoms with Crippen LogP contribution in [0.1, 0.15) is 26.0 Å². The van der Waals surface area contributed by atoms with Gasteiger partial charge in [-0.05, 0) is 25.0 Å². The minimum absolute atomic E-state index is 0.0845. The van der Waals surface area contributed by atoms with Crippen LogP contribution in [0.4, 0.5) is 5.69 Å². The molecule has 0 fully saturated rings. The lowest BCUT2D eigenvalue weighted by molar-refractivity contribution is -0.145. The summed E-state index contributed by atoms with van der Waals surface area (Å²) in [6, 6.07) is 5.19. The first-order valence-electron chi connectivity index (χ1n) is 10.5. The fourth-order valence-electron chi connectivity index (χ4n) is 3.80. The number of amides is 1. The molecule has 2 heterocycles. The van der Waals surface area contributed by atoms with E-state index in [2.05, 4.69) is 15.3 Å². The Hall–Kier alpha value is -2.58. The minimum atomic E-state index is -0.379. The number of para-hydroxylation sites is 1. The number of imidazole rings is 1. The van der Waals surface area contributed by atoms with Crippen LogP contribution in [0.25, 0.3) is 0 Å². The summed E-state index contributed by atoms with van der Waals surface area (Å²) >= 11 is 12.6. The third-order valence-corrected chi connectivity index (χ3v) is 6.15. The number of ether oxygens (including phenoxy) is 1. The Balaban J connectivity index is 1.81. The third kappa shape index (κ3) is 5.61. The van der Waals surface area contributed by atoms with Gasteiger partial charge in [0.15, 0.2) is 0 Å². The Morgan fingerprint density at radius 1 is 1.28 bits per heavy atom. The van der Waals surface area contributed by atoms with Gasteiger partial charge < -0.3 is 14.6 Å². The predicted molar refractivity (Wildman–Crippen MR) is 125 cm³/mol. The van der Waals surface area contributed by atoms with E-state index >= 15 is 0 Å². The number of guanidine groups is 1. The fraction of sp³-hybridized carbons (Fsp3) is 0.455. The molecule has 1 N–H and O–H groups in total. The van der Waals surface area contributed by atoms with E-state index in [1.54, 1.807) is 35.6 Å². The van der Waals surface area contributed by atoms with E-state index in [0.717, 1.165) is 5.69 Å². The van der Waals surface area contributed by atoms with Gasteiger partial charge in [-0.15, -0.1) is 0 Å². The summed E-state index contributed by atoms with van der Waals surface area (Å²) in [7, 11) is 1.90. The van der Waals surface area contributed by atoms with Crippen molar-refractivity contribution in [2.75, 3.05) is 25.0 Å². The van der Waals surface area contributed by atoms with Gasteiger partial charge in [0.2, 0.25) is 11.9 Å². The molecule has 0 unspecified atom stereocenters. The van der Waals surface area contributed by atoms with Gasteiger partial charge in [0.1, 0.15) is 0 Å². The summed E-state index contributed by atoms with van der Waals surface area (Å²) in [6.07, 6.45) is 4.61. The van der Waals surface area contributed by atoms with Crippen molar-refractivity contribution < 1.29 is 14.3 Å². The highest BCUT2D eigenvalue weighted by Gasteiger charge is 2.35. The van der Waals surface area contributed by atoms with Crippen molar-refractivity contribution >= 4 is 46.7 Å². The van der Waals surface area contributed by atoms with E-state index in [9.17, 15) is 9.59 Å². The highest BCUT2D eigenvalue weighted by Crippen LogP contribution is 2.31. The van der Waals surface area contributed by atoms with E-state index in [0.29, 0.717) is 47.6 Å². The predicted octanol–water partition coefficient (Wildman–Crippen LogP) is 3.79. The van der Waals surface area contributed by atoms with Gasteiger partial charge in [0, 0.05) is 44.2 Å². The largest absolute Gasteiger partial charge is 0.466 e. The summed E-state index contributed by atoms with van der Waals surface area (Å²) in [4.78, 5) is 35.3. The summed E-state index contributed by atoms with van der Waals surface area (Å²) < 4.78 is 7.23. The highest BCUT2D eigenvalue weighted by atomic mass is 35.5. The SMILES string of the molecule is CC[C@H](C(=O)N1CCN=C1Nc1c(Cl)cccc1Cl)[C@H](COC(C)=O)Cc1cncn1C. The lowest BCUT2D eigenvalue weighted by atomic mass is 9.85. The van der Waals surface area contributed by atoms with E-state index in [1.165, 1.54) is 6.92 Å². The molecule has 1 aliphatic rings. The fourth-order valence-corrected chi connectivity index (χ4v) is 4.29. The Morgan fingerprint density at radius 2 is 2.00 bits per heavy atom. The molecular weight excluding hydrogens is 453 g/mol. The number of nitrogens with zero attached hydrogens (tertiary/aromatic N) is 4. The summed E-state index contributed by atoms with van der Waals surface area (Å²) in [5, 5.41) is 4.00. The number of aryl methyl sites for hydroxylation is 1. The zero-order chi connectivity index (χ0) is 23.3. The summed E-state index contributed by atoms with van der Waals surface area (Å²) in [5.41, 5.74) is 1.47. The van der Waals surface area contributed by atoms with Gasteiger partial charge in [0.05, 0.1) is 35.2 Å². The lowest BCUT2D eigenvalue weighted by Crippen LogP contribution is -2.45. The molecular formula is C22H27Cl2N5O3. The lowest BCUT2D eigenvalue weighted by Gasteiger charge is -2.30. The first kappa shape index (κ1) is 24.1. The summed E-state index contributed by atoms with van der Waals surface area (Å²) in [5.74, 6) is -0.636. The van der Waals surface area contributed by atoms with Crippen molar-refractivity contribution in [3.05, 3.63) is 46.5 Å². The molecule has 0 aliphatic carbocycles. The Kier molecular flexibility index (Phi) is 8.15. The molecule has 0 spiro atoms. The molecule has 1 aromatic carbocycles. The zero-order valence-corrected chi connectivity index (χ0v) is 19.9. The molecule has 3 rings (SSSR count). The van der Waals surface area contributed by atoms with Crippen molar-refractivity contribution in [3.8, 4) is 0 Å². The van der Waals surface area contributed by atoms with E-state index in [4.69, 9.17) is 27.9 Å². The standard InChI is InChI=1S/C22H27Cl2N5O3/c1-4-17(15(12-32-14(2)30)10-16-11-25-13-28(16)3)21(31)29-9-8-26-22(29)27-20-18(23)6-5-7-19(20)24/h5-7,11,13,15,17H,4,8-10,12H2,1-3H3,(H,26,27)/t15-,17-/m0/s1. The van der Waals surface area contributed by atoms with Crippen molar-refractivity contribution in [3.63, 3.8) is 0 Å². The van der Waals surface area contributed by atoms with Gasteiger partial charge >= 0.3 is 5.97 Å². The number of carbonyl (C=O) groups excluding carboxylic acids is 2. The third-order valence-electron chi connectivity index (χ3n) is 5.52. The van der Waals surface area contributed by atoms with Crippen LogP contribution in [-0.4, -0.2) is 52.0 Å². The number of aromatic nitrogens is 2. The average Bonchev–Trinajstić information content (AvgIpc) is 3.38. The molecule has 1 aliphatic heterocycles. The van der Waals surface area contributed by atoms with Crippen molar-refractivity contribution in [2.45, 2.75) is 26.7 Å². The monoisotopic (exact) mass is 479 g/mol. The Morgan fingerprint density at radius 3 is 2.59 bits per heavy atom. The number of nitrogens with one attached hydrogen (secondary N) is 1. The van der Waals surface area contributed by atoms with Gasteiger partial charge in [-0.3, -0.25) is 19.5 Å². The number of aliphatic imine (C=N–C) groups is 1. The molecule has 172 valence electrons. The summed E-state index contributed by atoms with van der Waals surface area (Å²) in [6.45, 7) is 4.40. The maximum Gasteiger partial charge on any atom is 0.302 e. The Labute approximate surface area is 197 Å². The second-order valence-electron chi connectivity index (χ2n) is 7.69. The number of hydrogen-bond acceptors (Lipinski definition) is 6. The second-order valence-corrected chi connectivity index (χ2v) is 8.51. The van der Waals surface area contributed by atoms with Gasteiger partial charge in [0.25, 0.3) is 0 Å². The van der Waals surface area contributed by atoms with Crippen LogP contribution in [0.2, 0.25) is 10.0 Å². The van der Waals surface area contributed by atoms with Crippen molar-refractivity contribution in [1.82, 2.24) is 14.5 Å². The van der Waals surface area contributed by atoms with E-state index in [1.807, 2.05) is 18.5 Å². The highest BCUT2D eigenvalue weighted by molar-refractivity contribution is 6.39. The molecule has 0 saturated heterocycles. The van der Waals surface area contributed by atoms with Crippen LogP contribution in [-0.2, 0) is 27.8 Å². The molecule has 0 radical (unpaired) electrons. The molecule has 0 bridgehead atoms. The number of carbonyl (C=O) groups is 2. The smallest absolute Gasteiger partial charge is 0.302 e. The number of anilines is 1. The minimum Gasteiger partial charge on any atom is -0.466 e. The van der Waals surface area contributed by atoms with Crippen molar-refractivity contribution in [2.24, 2.45) is 23.9 Å². The van der Waals surface area contributed by atoms with Crippen LogP contribution in [0.5, 0.6) is 0 Å². The van der Waals surface area contributed by atoms with Crippen LogP contribution >= 0.6 is 23.2 Å². The van der Waals surface area contributed by atoms with Gasteiger partial charge in [-0.2, -0.15) is 0 Å². The maximum atomic E-state index is 13.6. The molecule has 10 heteroatoms. The Bertz CT molecular complexity index is 987. The van der Waals surface area contributed by atoms with Crippen LogP contribution in [0, 0.1) is 11.8 Å². The van der Waals surface area contributed by atoms with E-state index < -0.39 is 0 Å². The second kappa shape index (κ2) is 10.8. The molecule has 2 atom stereocenters. The number of benzene rings is 1. The topological polar surface area (TPSA) is 88.8 Å². The molecule has 1 aromatic heterocycles. The maximum absolute atomic E-state index is 13.6. The quantitative estimate of drug-likeness (QED) is 0.581.